The Kier molecular flexibility index (Phi) is 6.31. The molecule has 0 aliphatic carbocycles. The van der Waals surface area contributed by atoms with E-state index in [9.17, 15) is 0 Å². The number of rotatable bonds is 8. The van der Waals surface area contributed by atoms with E-state index in [0.717, 1.165) is 30.0 Å². The summed E-state index contributed by atoms with van der Waals surface area (Å²) in [4.78, 5) is 8.86. The maximum absolute atomic E-state index is 5.68. The minimum absolute atomic E-state index is 0.463. The number of nitrogens with one attached hydrogen (secondary N) is 1. The molecule has 0 aliphatic rings. The summed E-state index contributed by atoms with van der Waals surface area (Å²) in [7, 11) is 0. The van der Waals surface area contributed by atoms with Crippen LogP contribution in [-0.2, 0) is 24.3 Å². The van der Waals surface area contributed by atoms with Crippen LogP contribution in [0.5, 0.6) is 0 Å². The largest absolute Gasteiger partial charge is 0.375 e. The standard InChI is InChI=1S/C17H23N3O/c1-14(2)19-12-16-7-5-8-17(20-16)13-21-11-9-15-6-3-4-10-18-15/h3-8,10,14,19H,9,11-13H2,1-2H3. The SMILES string of the molecule is CC(C)NCc1cccc(COCCc2ccccn2)n1. The molecule has 112 valence electrons. The quantitative estimate of drug-likeness (QED) is 0.758. The molecule has 0 unspecified atom stereocenters. The number of hydrogen-bond donors (Lipinski definition) is 1. The van der Waals surface area contributed by atoms with Gasteiger partial charge in [0.25, 0.3) is 0 Å². The zero-order valence-corrected chi connectivity index (χ0v) is 12.7. The molecule has 2 aromatic rings. The molecule has 0 aliphatic heterocycles. The lowest BCUT2D eigenvalue weighted by atomic mass is 10.3. The van der Waals surface area contributed by atoms with Gasteiger partial charge in [-0.2, -0.15) is 0 Å². The highest BCUT2D eigenvalue weighted by atomic mass is 16.5. The molecular formula is C17H23N3O. The number of ether oxygens (including phenoxy) is 1. The molecule has 4 heteroatoms. The molecule has 0 bridgehead atoms. The summed E-state index contributed by atoms with van der Waals surface area (Å²) in [5.41, 5.74) is 3.08. The fraction of sp³-hybridized carbons (Fsp3) is 0.412. The molecule has 21 heavy (non-hydrogen) atoms. The highest BCUT2D eigenvalue weighted by Gasteiger charge is 2.00. The fourth-order valence-electron chi connectivity index (χ4n) is 1.92. The van der Waals surface area contributed by atoms with Crippen LogP contribution in [0, 0.1) is 0 Å². The Morgan fingerprint density at radius 2 is 1.86 bits per heavy atom. The minimum Gasteiger partial charge on any atom is -0.375 e. The second kappa shape index (κ2) is 8.49. The van der Waals surface area contributed by atoms with Crippen LogP contribution in [0.2, 0.25) is 0 Å². The van der Waals surface area contributed by atoms with Crippen molar-refractivity contribution in [1.82, 2.24) is 15.3 Å². The van der Waals surface area contributed by atoms with Gasteiger partial charge < -0.3 is 10.1 Å². The van der Waals surface area contributed by atoms with Crippen molar-refractivity contribution in [2.45, 2.75) is 39.5 Å². The topological polar surface area (TPSA) is 47.0 Å². The van der Waals surface area contributed by atoms with Crippen molar-refractivity contribution in [2.24, 2.45) is 0 Å². The molecule has 2 heterocycles. The summed E-state index contributed by atoms with van der Waals surface area (Å²) >= 11 is 0. The van der Waals surface area contributed by atoms with E-state index in [1.807, 2.05) is 42.6 Å². The van der Waals surface area contributed by atoms with Gasteiger partial charge in [0, 0.05) is 30.9 Å². The molecule has 0 radical (unpaired) electrons. The first-order valence-corrected chi connectivity index (χ1v) is 7.40. The predicted molar refractivity (Wildman–Crippen MR) is 83.8 cm³/mol. The molecule has 0 saturated heterocycles. The Bertz CT molecular complexity index is 529. The first-order valence-electron chi connectivity index (χ1n) is 7.40. The Morgan fingerprint density at radius 1 is 1.05 bits per heavy atom. The van der Waals surface area contributed by atoms with E-state index in [2.05, 4.69) is 29.1 Å². The van der Waals surface area contributed by atoms with Crippen LogP contribution in [0.4, 0.5) is 0 Å². The molecule has 0 fully saturated rings. The van der Waals surface area contributed by atoms with Gasteiger partial charge in [0.05, 0.1) is 24.6 Å². The second-order valence-electron chi connectivity index (χ2n) is 5.28. The maximum Gasteiger partial charge on any atom is 0.0888 e. The van der Waals surface area contributed by atoms with Crippen molar-refractivity contribution in [3.63, 3.8) is 0 Å². The molecule has 0 amide bonds. The van der Waals surface area contributed by atoms with Crippen LogP contribution in [0.15, 0.2) is 42.6 Å². The molecule has 0 saturated carbocycles. The zero-order valence-electron chi connectivity index (χ0n) is 12.7. The van der Waals surface area contributed by atoms with Crippen LogP contribution in [0.3, 0.4) is 0 Å². The lowest BCUT2D eigenvalue weighted by molar-refractivity contribution is 0.120. The van der Waals surface area contributed by atoms with Crippen molar-refractivity contribution in [1.29, 1.82) is 0 Å². The summed E-state index contributed by atoms with van der Waals surface area (Å²) < 4.78 is 5.68. The summed E-state index contributed by atoms with van der Waals surface area (Å²) in [5.74, 6) is 0. The second-order valence-corrected chi connectivity index (χ2v) is 5.28. The van der Waals surface area contributed by atoms with Gasteiger partial charge in [-0.15, -0.1) is 0 Å². The van der Waals surface area contributed by atoms with Gasteiger partial charge in [-0.1, -0.05) is 26.0 Å². The van der Waals surface area contributed by atoms with E-state index in [-0.39, 0.29) is 0 Å². The average molecular weight is 285 g/mol. The van der Waals surface area contributed by atoms with E-state index in [4.69, 9.17) is 4.74 Å². The van der Waals surface area contributed by atoms with Crippen molar-refractivity contribution >= 4 is 0 Å². The highest BCUT2D eigenvalue weighted by molar-refractivity contribution is 5.10. The van der Waals surface area contributed by atoms with Gasteiger partial charge >= 0.3 is 0 Å². The van der Waals surface area contributed by atoms with E-state index in [0.29, 0.717) is 19.3 Å². The highest BCUT2D eigenvalue weighted by Crippen LogP contribution is 2.03. The lowest BCUT2D eigenvalue weighted by Crippen LogP contribution is -2.22. The summed E-state index contributed by atoms with van der Waals surface area (Å²) in [6.45, 7) is 6.25. The molecule has 0 spiro atoms. The average Bonchev–Trinajstić information content (AvgIpc) is 2.51. The zero-order chi connectivity index (χ0) is 14.9. The Balaban J connectivity index is 1.74. The number of hydrogen-bond acceptors (Lipinski definition) is 4. The molecule has 2 rings (SSSR count). The van der Waals surface area contributed by atoms with E-state index < -0.39 is 0 Å². The molecule has 2 aromatic heterocycles. The van der Waals surface area contributed by atoms with Gasteiger partial charge in [0.15, 0.2) is 0 Å². The van der Waals surface area contributed by atoms with Gasteiger partial charge in [0.2, 0.25) is 0 Å². The summed E-state index contributed by atoms with van der Waals surface area (Å²) in [6, 6.07) is 12.5. The third-order valence-corrected chi connectivity index (χ3v) is 3.03. The summed E-state index contributed by atoms with van der Waals surface area (Å²) in [5, 5.41) is 3.37. The normalized spacial score (nSPS) is 11.0. The van der Waals surface area contributed by atoms with E-state index in [1.165, 1.54) is 0 Å². The molecule has 1 N–H and O–H groups in total. The van der Waals surface area contributed by atoms with Gasteiger partial charge in [-0.3, -0.25) is 9.97 Å². The van der Waals surface area contributed by atoms with Gasteiger partial charge in [-0.25, -0.2) is 0 Å². The van der Waals surface area contributed by atoms with Crippen LogP contribution < -0.4 is 5.32 Å². The van der Waals surface area contributed by atoms with Crippen molar-refractivity contribution in [3.05, 3.63) is 59.7 Å². The van der Waals surface area contributed by atoms with Crippen LogP contribution in [0.1, 0.15) is 30.9 Å². The van der Waals surface area contributed by atoms with Crippen molar-refractivity contribution in [3.8, 4) is 0 Å². The third-order valence-electron chi connectivity index (χ3n) is 3.03. The molecule has 0 atom stereocenters. The van der Waals surface area contributed by atoms with E-state index >= 15 is 0 Å². The van der Waals surface area contributed by atoms with Gasteiger partial charge in [0.1, 0.15) is 0 Å². The first kappa shape index (κ1) is 15.6. The molecular weight excluding hydrogens is 262 g/mol. The predicted octanol–water partition coefficient (Wildman–Crippen LogP) is 2.73. The van der Waals surface area contributed by atoms with Gasteiger partial charge in [-0.05, 0) is 24.3 Å². The number of nitrogens with zero attached hydrogens (tertiary/aromatic N) is 2. The van der Waals surface area contributed by atoms with E-state index in [1.54, 1.807) is 0 Å². The van der Waals surface area contributed by atoms with Crippen molar-refractivity contribution in [2.75, 3.05) is 6.61 Å². The third kappa shape index (κ3) is 6.02. The van der Waals surface area contributed by atoms with Crippen LogP contribution >= 0.6 is 0 Å². The summed E-state index contributed by atoms with van der Waals surface area (Å²) in [6.07, 6.45) is 2.64. The van der Waals surface area contributed by atoms with Crippen LogP contribution in [-0.4, -0.2) is 22.6 Å². The Labute approximate surface area is 126 Å². The minimum atomic E-state index is 0.463. The molecule has 4 nitrogen and oxygen atoms in total. The number of aromatic nitrogens is 2. The van der Waals surface area contributed by atoms with Crippen molar-refractivity contribution < 1.29 is 4.74 Å². The lowest BCUT2D eigenvalue weighted by Gasteiger charge is -2.09. The number of pyridine rings is 2. The monoisotopic (exact) mass is 285 g/mol. The Hall–Kier alpha value is -1.78. The van der Waals surface area contributed by atoms with Crippen LogP contribution in [0.25, 0.3) is 0 Å². The molecule has 0 aromatic carbocycles. The smallest absolute Gasteiger partial charge is 0.0888 e. The Morgan fingerprint density at radius 3 is 2.62 bits per heavy atom. The maximum atomic E-state index is 5.68. The first-order chi connectivity index (χ1) is 10.2. The fourth-order valence-corrected chi connectivity index (χ4v) is 1.92.